The molecule has 8 nitrogen and oxygen atoms in total. The van der Waals surface area contributed by atoms with E-state index in [1.807, 2.05) is 0 Å². The minimum Gasteiger partial charge on any atom is -0.481 e. The van der Waals surface area contributed by atoms with E-state index in [4.69, 9.17) is 4.74 Å². The minimum atomic E-state index is -0.878. The molecule has 1 aliphatic heterocycles. The quantitative estimate of drug-likeness (QED) is 0.760. The summed E-state index contributed by atoms with van der Waals surface area (Å²) in [6.07, 6.45) is 0.784. The molecular weight excluding hydrogens is 376 g/mol. The van der Waals surface area contributed by atoms with Crippen molar-refractivity contribution in [3.8, 4) is 0 Å². The number of fused-ring (bicyclic) bond motifs is 1. The Balaban J connectivity index is 1.74. The van der Waals surface area contributed by atoms with Crippen LogP contribution in [0.5, 0.6) is 0 Å². The number of ether oxygens (including phenoxy) is 1. The predicted octanol–water partition coefficient (Wildman–Crippen LogP) is 2.77. The zero-order chi connectivity index (χ0) is 21.3. The maximum Gasteiger partial charge on any atom is 0.410 e. The van der Waals surface area contributed by atoms with E-state index in [1.165, 1.54) is 4.90 Å². The standard InChI is InChI=1S/C21H26N2O6/c1-21(2,3)29-20(28)22(14-9-8-13(12-14)19(26)27)10-11-23-17(24)15-6-4-5-7-16(15)18(23)25/h4-7,13-14H,8-12H2,1-3H3,(H,26,27). The number of carbonyl (C=O) groups is 4. The lowest BCUT2D eigenvalue weighted by Gasteiger charge is -2.32. The van der Waals surface area contributed by atoms with Crippen molar-refractivity contribution in [1.82, 2.24) is 9.80 Å². The molecule has 3 amide bonds. The molecule has 1 N–H and O–H groups in total. The number of amides is 3. The van der Waals surface area contributed by atoms with Crippen molar-refractivity contribution in [2.45, 2.75) is 51.7 Å². The number of aliphatic carboxylic acids is 1. The number of benzene rings is 1. The molecule has 1 aliphatic carbocycles. The number of imide groups is 1. The second kappa shape index (κ2) is 7.85. The van der Waals surface area contributed by atoms with Gasteiger partial charge >= 0.3 is 12.1 Å². The number of hydrogen-bond donors (Lipinski definition) is 1. The van der Waals surface area contributed by atoms with Crippen molar-refractivity contribution in [3.63, 3.8) is 0 Å². The molecule has 0 spiro atoms. The highest BCUT2D eigenvalue weighted by atomic mass is 16.6. The fraction of sp³-hybridized carbons (Fsp3) is 0.524. The van der Waals surface area contributed by atoms with E-state index in [-0.39, 0.29) is 30.9 Å². The van der Waals surface area contributed by atoms with Crippen molar-refractivity contribution in [1.29, 1.82) is 0 Å². The molecule has 1 aromatic rings. The Hall–Kier alpha value is -2.90. The van der Waals surface area contributed by atoms with Crippen molar-refractivity contribution in [3.05, 3.63) is 35.4 Å². The Bertz CT molecular complexity index is 809. The Kier molecular flexibility index (Phi) is 5.64. The summed E-state index contributed by atoms with van der Waals surface area (Å²) in [4.78, 5) is 51.8. The summed E-state index contributed by atoms with van der Waals surface area (Å²) >= 11 is 0. The molecule has 1 saturated carbocycles. The second-order valence-electron chi connectivity index (χ2n) is 8.48. The minimum absolute atomic E-state index is 0.0276. The van der Waals surface area contributed by atoms with Gasteiger partial charge in [0.15, 0.2) is 0 Å². The second-order valence-corrected chi connectivity index (χ2v) is 8.48. The fourth-order valence-corrected chi connectivity index (χ4v) is 3.86. The normalized spacial score (nSPS) is 21.3. The maximum atomic E-state index is 12.8. The van der Waals surface area contributed by atoms with Crippen LogP contribution in [-0.2, 0) is 9.53 Å². The Morgan fingerprint density at radius 1 is 1.14 bits per heavy atom. The SMILES string of the molecule is CC(C)(C)OC(=O)N(CCN1C(=O)c2ccccc2C1=O)C1CCC(C(=O)O)C1. The monoisotopic (exact) mass is 402 g/mol. The van der Waals surface area contributed by atoms with Crippen molar-refractivity contribution in [2.24, 2.45) is 5.92 Å². The summed E-state index contributed by atoms with van der Waals surface area (Å²) in [5, 5.41) is 9.28. The van der Waals surface area contributed by atoms with Crippen LogP contribution < -0.4 is 0 Å². The summed E-state index contributed by atoms with van der Waals surface area (Å²) in [5.74, 6) is -2.16. The van der Waals surface area contributed by atoms with Gasteiger partial charge in [-0.15, -0.1) is 0 Å². The highest BCUT2D eigenvalue weighted by Crippen LogP contribution is 2.31. The third-order valence-electron chi connectivity index (χ3n) is 5.27. The number of carboxylic acid groups (broad SMARTS) is 1. The van der Waals surface area contributed by atoms with E-state index in [0.29, 0.717) is 30.4 Å². The Morgan fingerprint density at radius 3 is 2.21 bits per heavy atom. The molecule has 156 valence electrons. The molecule has 0 bridgehead atoms. The largest absolute Gasteiger partial charge is 0.481 e. The van der Waals surface area contributed by atoms with Gasteiger partial charge in [0.2, 0.25) is 0 Å². The Morgan fingerprint density at radius 2 is 1.72 bits per heavy atom. The lowest BCUT2D eigenvalue weighted by atomic mass is 10.1. The third-order valence-corrected chi connectivity index (χ3v) is 5.27. The van der Waals surface area contributed by atoms with Crippen LogP contribution in [0.15, 0.2) is 24.3 Å². The summed E-state index contributed by atoms with van der Waals surface area (Å²) < 4.78 is 5.49. The number of carbonyl (C=O) groups excluding carboxylic acids is 3. The molecule has 1 fully saturated rings. The first-order chi connectivity index (χ1) is 13.6. The van der Waals surface area contributed by atoms with Gasteiger partial charge in [-0.2, -0.15) is 0 Å². The molecule has 3 rings (SSSR count). The van der Waals surface area contributed by atoms with Gasteiger partial charge in [0.05, 0.1) is 17.0 Å². The van der Waals surface area contributed by atoms with E-state index in [9.17, 15) is 24.3 Å². The maximum absolute atomic E-state index is 12.8. The van der Waals surface area contributed by atoms with Gasteiger partial charge in [-0.1, -0.05) is 12.1 Å². The molecule has 29 heavy (non-hydrogen) atoms. The molecule has 1 heterocycles. The summed E-state index contributed by atoms with van der Waals surface area (Å²) in [6, 6.07) is 6.31. The topological polar surface area (TPSA) is 104 Å². The van der Waals surface area contributed by atoms with Gasteiger partial charge in [-0.25, -0.2) is 4.79 Å². The first-order valence-electron chi connectivity index (χ1n) is 9.76. The first-order valence-corrected chi connectivity index (χ1v) is 9.76. The summed E-state index contributed by atoms with van der Waals surface area (Å²) in [7, 11) is 0. The van der Waals surface area contributed by atoms with Crippen LogP contribution in [0.2, 0.25) is 0 Å². The van der Waals surface area contributed by atoms with E-state index in [2.05, 4.69) is 0 Å². The molecule has 0 radical (unpaired) electrons. The smallest absolute Gasteiger partial charge is 0.410 e. The molecular formula is C21H26N2O6. The van der Waals surface area contributed by atoms with Crippen molar-refractivity contribution in [2.75, 3.05) is 13.1 Å². The molecule has 2 aliphatic rings. The van der Waals surface area contributed by atoms with Crippen LogP contribution in [0, 0.1) is 5.92 Å². The Labute approximate surface area is 169 Å². The average Bonchev–Trinajstić information content (AvgIpc) is 3.20. The molecule has 0 aromatic heterocycles. The fourth-order valence-electron chi connectivity index (χ4n) is 3.86. The van der Waals surface area contributed by atoms with Gasteiger partial charge in [0.1, 0.15) is 5.60 Å². The lowest BCUT2D eigenvalue weighted by molar-refractivity contribution is -0.141. The van der Waals surface area contributed by atoms with E-state index < -0.39 is 23.6 Å². The van der Waals surface area contributed by atoms with E-state index in [0.717, 1.165) is 4.90 Å². The van der Waals surface area contributed by atoms with Gasteiger partial charge in [0, 0.05) is 19.1 Å². The number of carboxylic acids is 1. The molecule has 1 aromatic carbocycles. The van der Waals surface area contributed by atoms with Crippen LogP contribution in [0.1, 0.15) is 60.7 Å². The highest BCUT2D eigenvalue weighted by molar-refractivity contribution is 6.21. The zero-order valence-corrected chi connectivity index (χ0v) is 16.9. The van der Waals surface area contributed by atoms with Gasteiger partial charge in [-0.05, 0) is 52.2 Å². The van der Waals surface area contributed by atoms with Crippen LogP contribution in [0.3, 0.4) is 0 Å². The highest BCUT2D eigenvalue weighted by Gasteiger charge is 2.39. The van der Waals surface area contributed by atoms with E-state index in [1.54, 1.807) is 45.0 Å². The molecule has 8 heteroatoms. The predicted molar refractivity (Wildman–Crippen MR) is 104 cm³/mol. The van der Waals surface area contributed by atoms with Gasteiger partial charge in [0.25, 0.3) is 11.8 Å². The molecule has 0 saturated heterocycles. The van der Waals surface area contributed by atoms with Crippen LogP contribution in [0.4, 0.5) is 4.79 Å². The third kappa shape index (κ3) is 4.41. The lowest BCUT2D eigenvalue weighted by Crippen LogP contribution is -2.47. The van der Waals surface area contributed by atoms with Gasteiger partial charge in [-0.3, -0.25) is 19.3 Å². The van der Waals surface area contributed by atoms with Gasteiger partial charge < -0.3 is 14.7 Å². The van der Waals surface area contributed by atoms with E-state index >= 15 is 0 Å². The van der Waals surface area contributed by atoms with Crippen molar-refractivity contribution < 1.29 is 29.0 Å². The average molecular weight is 402 g/mol. The summed E-state index contributed by atoms with van der Waals surface area (Å²) in [6.45, 7) is 5.38. The summed E-state index contributed by atoms with van der Waals surface area (Å²) in [5.41, 5.74) is -0.00315. The first kappa shape index (κ1) is 20.8. The number of nitrogens with zero attached hydrogens (tertiary/aromatic N) is 2. The van der Waals surface area contributed by atoms with Crippen LogP contribution in [0.25, 0.3) is 0 Å². The van der Waals surface area contributed by atoms with Crippen LogP contribution in [-0.4, -0.2) is 63.5 Å². The van der Waals surface area contributed by atoms with Crippen molar-refractivity contribution >= 4 is 23.9 Å². The molecule has 2 unspecified atom stereocenters. The zero-order valence-electron chi connectivity index (χ0n) is 16.9. The van der Waals surface area contributed by atoms with Crippen LogP contribution >= 0.6 is 0 Å². The number of rotatable bonds is 5. The number of hydrogen-bond acceptors (Lipinski definition) is 5. The molecule has 2 atom stereocenters.